The van der Waals surface area contributed by atoms with E-state index in [1.165, 1.54) is 6.20 Å². The second-order valence-corrected chi connectivity index (χ2v) is 5.87. The molecule has 152 valence electrons. The number of amides is 1. The number of aromatic nitrogens is 2. The van der Waals surface area contributed by atoms with Gasteiger partial charge < -0.3 is 20.7 Å². The predicted octanol–water partition coefficient (Wildman–Crippen LogP) is 4.67. The molecule has 0 aliphatic carbocycles. The zero-order valence-corrected chi connectivity index (χ0v) is 17.4. The van der Waals surface area contributed by atoms with Crippen molar-refractivity contribution in [2.24, 2.45) is 0 Å². The third-order valence-corrected chi connectivity index (χ3v) is 3.92. The minimum atomic E-state index is -0.236. The summed E-state index contributed by atoms with van der Waals surface area (Å²) in [5, 5.41) is 9.03. The summed E-state index contributed by atoms with van der Waals surface area (Å²) in [6, 6.07) is 13.1. The summed E-state index contributed by atoms with van der Waals surface area (Å²) < 4.78 is 5.38. The predicted molar refractivity (Wildman–Crippen MR) is 118 cm³/mol. The number of ether oxygens (including phenoxy) is 1. The Labute approximate surface area is 171 Å². The van der Waals surface area contributed by atoms with Crippen LogP contribution in [0.5, 0.6) is 5.75 Å². The molecule has 0 atom stereocenters. The quantitative estimate of drug-likeness (QED) is 0.564. The van der Waals surface area contributed by atoms with Crippen LogP contribution < -0.4 is 20.7 Å². The SMILES string of the molecule is CC.CNC(=O)c1cnc(Nc2ccc(C)cn2)cc1Nc1ccccc1OC. The van der Waals surface area contributed by atoms with Gasteiger partial charge in [-0.05, 0) is 30.7 Å². The Morgan fingerprint density at radius 3 is 2.31 bits per heavy atom. The molecular formula is C22H27N5O2. The van der Waals surface area contributed by atoms with Crippen LogP contribution in [-0.4, -0.2) is 30.0 Å². The van der Waals surface area contributed by atoms with Gasteiger partial charge in [-0.25, -0.2) is 9.97 Å². The van der Waals surface area contributed by atoms with E-state index >= 15 is 0 Å². The summed E-state index contributed by atoms with van der Waals surface area (Å²) in [5.41, 5.74) is 2.84. The maximum Gasteiger partial charge on any atom is 0.254 e. The number of anilines is 4. The molecule has 7 heteroatoms. The maximum absolute atomic E-state index is 12.2. The van der Waals surface area contributed by atoms with E-state index in [0.717, 1.165) is 11.3 Å². The van der Waals surface area contributed by atoms with Crippen molar-refractivity contribution in [3.8, 4) is 5.75 Å². The van der Waals surface area contributed by atoms with Gasteiger partial charge in [0.15, 0.2) is 0 Å². The number of para-hydroxylation sites is 2. The summed E-state index contributed by atoms with van der Waals surface area (Å²) in [7, 11) is 3.18. The van der Waals surface area contributed by atoms with E-state index in [4.69, 9.17) is 4.74 Å². The first kappa shape index (κ1) is 21.7. The summed E-state index contributed by atoms with van der Waals surface area (Å²) in [6.45, 7) is 5.97. The molecule has 0 saturated carbocycles. The second-order valence-electron chi connectivity index (χ2n) is 5.87. The van der Waals surface area contributed by atoms with E-state index in [0.29, 0.717) is 28.6 Å². The number of benzene rings is 1. The van der Waals surface area contributed by atoms with Crippen molar-refractivity contribution in [3.05, 3.63) is 66.0 Å². The molecule has 1 aromatic carbocycles. The third-order valence-electron chi connectivity index (χ3n) is 3.92. The average Bonchev–Trinajstić information content (AvgIpc) is 2.77. The molecule has 3 N–H and O–H groups in total. The number of carbonyl (C=O) groups excluding carboxylic acids is 1. The van der Waals surface area contributed by atoms with Crippen LogP contribution in [0.2, 0.25) is 0 Å². The summed E-state index contributed by atoms with van der Waals surface area (Å²) >= 11 is 0. The van der Waals surface area contributed by atoms with Crippen LogP contribution in [0.1, 0.15) is 29.8 Å². The highest BCUT2D eigenvalue weighted by atomic mass is 16.5. The highest BCUT2D eigenvalue weighted by Gasteiger charge is 2.14. The van der Waals surface area contributed by atoms with Crippen molar-refractivity contribution in [1.29, 1.82) is 0 Å². The van der Waals surface area contributed by atoms with E-state index in [9.17, 15) is 4.79 Å². The van der Waals surface area contributed by atoms with E-state index in [-0.39, 0.29) is 5.91 Å². The fourth-order valence-electron chi connectivity index (χ4n) is 2.51. The molecule has 29 heavy (non-hydrogen) atoms. The Morgan fingerprint density at radius 1 is 0.931 bits per heavy atom. The Balaban J connectivity index is 0.00000145. The first-order chi connectivity index (χ1) is 14.1. The summed E-state index contributed by atoms with van der Waals surface area (Å²) in [5.74, 6) is 1.67. The van der Waals surface area contributed by atoms with E-state index in [1.54, 1.807) is 26.4 Å². The molecule has 3 rings (SSSR count). The van der Waals surface area contributed by atoms with Gasteiger partial charge in [0.05, 0.1) is 24.0 Å². The Bertz CT molecular complexity index is 942. The summed E-state index contributed by atoms with van der Waals surface area (Å²) in [6.07, 6.45) is 3.29. The van der Waals surface area contributed by atoms with Gasteiger partial charge in [-0.3, -0.25) is 4.79 Å². The fourth-order valence-corrected chi connectivity index (χ4v) is 2.51. The second kappa shape index (κ2) is 10.7. The van der Waals surface area contributed by atoms with Gasteiger partial charge in [-0.2, -0.15) is 0 Å². The van der Waals surface area contributed by atoms with Crippen molar-refractivity contribution in [2.75, 3.05) is 24.8 Å². The van der Waals surface area contributed by atoms with Crippen molar-refractivity contribution >= 4 is 28.9 Å². The van der Waals surface area contributed by atoms with Gasteiger partial charge in [0, 0.05) is 25.5 Å². The number of pyridine rings is 2. The molecule has 0 saturated heterocycles. The molecule has 1 amide bonds. The topological polar surface area (TPSA) is 88.2 Å². The smallest absolute Gasteiger partial charge is 0.254 e. The van der Waals surface area contributed by atoms with Crippen molar-refractivity contribution in [2.45, 2.75) is 20.8 Å². The number of hydrogen-bond acceptors (Lipinski definition) is 6. The Hall–Kier alpha value is -3.61. The Morgan fingerprint density at radius 2 is 1.66 bits per heavy atom. The van der Waals surface area contributed by atoms with Crippen molar-refractivity contribution in [3.63, 3.8) is 0 Å². The molecule has 2 aromatic heterocycles. The number of nitrogens with one attached hydrogen (secondary N) is 3. The molecule has 0 unspecified atom stereocenters. The van der Waals surface area contributed by atoms with Crippen LogP contribution in [0.4, 0.5) is 23.0 Å². The highest BCUT2D eigenvalue weighted by molar-refractivity contribution is 6.00. The lowest BCUT2D eigenvalue weighted by molar-refractivity contribution is 0.0963. The minimum absolute atomic E-state index is 0.236. The van der Waals surface area contributed by atoms with Gasteiger partial charge in [-0.1, -0.05) is 32.0 Å². The first-order valence-electron chi connectivity index (χ1n) is 9.42. The van der Waals surface area contributed by atoms with Crippen LogP contribution in [0.15, 0.2) is 54.9 Å². The lowest BCUT2D eigenvalue weighted by atomic mass is 10.2. The van der Waals surface area contributed by atoms with Gasteiger partial charge in [0.1, 0.15) is 17.4 Å². The molecular weight excluding hydrogens is 366 g/mol. The highest BCUT2D eigenvalue weighted by Crippen LogP contribution is 2.30. The molecule has 0 aliphatic heterocycles. The number of nitrogens with zero attached hydrogens (tertiary/aromatic N) is 2. The standard InChI is InChI=1S/C20H21N5O2.C2H6/c1-13-8-9-18(22-11-13)25-19-10-16(14(12-23-19)20(26)21-2)24-15-6-4-5-7-17(15)27-3;1-2/h4-12H,1-3H3,(H,21,26)(H2,22,23,24,25);1-2H3. The van der Waals surface area contributed by atoms with E-state index in [1.807, 2.05) is 57.2 Å². The number of hydrogen-bond donors (Lipinski definition) is 3. The van der Waals surface area contributed by atoms with Crippen LogP contribution >= 0.6 is 0 Å². The van der Waals surface area contributed by atoms with Gasteiger partial charge in [0.2, 0.25) is 0 Å². The fraction of sp³-hybridized carbons (Fsp3) is 0.227. The normalized spacial score (nSPS) is 9.69. The zero-order valence-electron chi connectivity index (χ0n) is 17.4. The molecule has 0 bridgehead atoms. The largest absolute Gasteiger partial charge is 0.495 e. The number of aryl methyl sites for hydroxylation is 1. The molecule has 7 nitrogen and oxygen atoms in total. The van der Waals surface area contributed by atoms with Gasteiger partial charge >= 0.3 is 0 Å². The molecule has 0 spiro atoms. The molecule has 2 heterocycles. The minimum Gasteiger partial charge on any atom is -0.495 e. The van der Waals surface area contributed by atoms with Crippen molar-refractivity contribution < 1.29 is 9.53 Å². The molecule has 0 aliphatic rings. The monoisotopic (exact) mass is 393 g/mol. The van der Waals surface area contributed by atoms with Gasteiger partial charge in [-0.15, -0.1) is 0 Å². The average molecular weight is 393 g/mol. The van der Waals surface area contributed by atoms with Crippen LogP contribution in [-0.2, 0) is 0 Å². The lowest BCUT2D eigenvalue weighted by Crippen LogP contribution is -2.19. The van der Waals surface area contributed by atoms with E-state index in [2.05, 4.69) is 25.9 Å². The van der Waals surface area contributed by atoms with E-state index < -0.39 is 0 Å². The van der Waals surface area contributed by atoms with Crippen LogP contribution in [0.3, 0.4) is 0 Å². The number of carbonyl (C=O) groups is 1. The Kier molecular flexibility index (Phi) is 7.97. The number of methoxy groups -OCH3 is 1. The van der Waals surface area contributed by atoms with Crippen molar-refractivity contribution in [1.82, 2.24) is 15.3 Å². The molecule has 0 fully saturated rings. The van der Waals surface area contributed by atoms with Gasteiger partial charge in [0.25, 0.3) is 5.91 Å². The van der Waals surface area contributed by atoms with Crippen LogP contribution in [0.25, 0.3) is 0 Å². The third kappa shape index (κ3) is 5.68. The summed E-state index contributed by atoms with van der Waals surface area (Å²) in [4.78, 5) is 20.9. The lowest BCUT2D eigenvalue weighted by Gasteiger charge is -2.15. The first-order valence-corrected chi connectivity index (χ1v) is 9.42. The maximum atomic E-state index is 12.2. The molecule has 3 aromatic rings. The zero-order chi connectivity index (χ0) is 21.2. The van der Waals surface area contributed by atoms with Crippen LogP contribution in [0, 0.1) is 6.92 Å². The number of rotatable bonds is 6. The molecule has 0 radical (unpaired) electrons.